The van der Waals surface area contributed by atoms with Gasteiger partial charge in [-0.25, -0.2) is 4.98 Å². The normalized spacial score (nSPS) is 8.42. The van der Waals surface area contributed by atoms with Crippen molar-refractivity contribution in [3.8, 4) is 0 Å². The predicted octanol–water partition coefficient (Wildman–Crippen LogP) is -0.834. The van der Waals surface area contributed by atoms with Gasteiger partial charge in [0.25, 0.3) is 0 Å². The molecule has 4 nitrogen and oxygen atoms in total. The van der Waals surface area contributed by atoms with Crippen molar-refractivity contribution in [3.63, 3.8) is 0 Å². The Hall–Kier alpha value is -0.230. The fourth-order valence-corrected chi connectivity index (χ4v) is 0.949. The van der Waals surface area contributed by atoms with E-state index in [1.807, 2.05) is 0 Å². The molecule has 1 aromatic heterocycles. The molecule has 0 N–H and O–H groups in total. The van der Waals surface area contributed by atoms with E-state index in [1.54, 1.807) is 13.1 Å². The van der Waals surface area contributed by atoms with Gasteiger partial charge >= 0.3 is 29.6 Å². The average Bonchev–Trinajstić information content (AvgIpc) is 1.85. The van der Waals surface area contributed by atoms with Gasteiger partial charge in [0.1, 0.15) is 0 Å². The molecule has 60 valence electrons. The molecule has 0 amide bonds. The summed E-state index contributed by atoms with van der Waals surface area (Å²) >= 11 is 0. The molecule has 0 radical (unpaired) electrons. The molecule has 1 aromatic rings. The summed E-state index contributed by atoms with van der Waals surface area (Å²) in [6.45, 7) is 1.75. The molecule has 0 saturated heterocycles. The Morgan fingerprint density at radius 3 is 2.58 bits per heavy atom. The van der Waals surface area contributed by atoms with Gasteiger partial charge in [0, 0.05) is 6.20 Å². The van der Waals surface area contributed by atoms with Gasteiger partial charge < -0.3 is 0 Å². The van der Waals surface area contributed by atoms with Crippen LogP contribution in [0.3, 0.4) is 0 Å². The van der Waals surface area contributed by atoms with Crippen molar-refractivity contribution in [3.05, 3.63) is 23.8 Å². The number of hydrogen-bond donors (Lipinski definition) is 0. The van der Waals surface area contributed by atoms with Crippen LogP contribution in [0.5, 0.6) is 0 Å². The van der Waals surface area contributed by atoms with Crippen LogP contribution in [-0.4, -0.2) is 53.3 Å². The third-order valence-corrected chi connectivity index (χ3v) is 1.42. The molecule has 0 fully saturated rings. The first-order chi connectivity index (χ1) is 5.18. The van der Waals surface area contributed by atoms with E-state index < -0.39 is 10.3 Å². The van der Waals surface area contributed by atoms with Crippen LogP contribution < -0.4 is 0 Å². The molecular weight excluding hydrogens is 187 g/mol. The first-order valence-corrected chi connectivity index (χ1v) is 4.04. The van der Waals surface area contributed by atoms with E-state index in [0.29, 0.717) is 11.4 Å². The zero-order chi connectivity index (χ0) is 8.27. The summed E-state index contributed by atoms with van der Waals surface area (Å²) in [6, 6.07) is 0. The molecule has 0 saturated carbocycles. The number of rotatable bonds is 1. The fraction of sp³-hybridized carbons (Fsp3) is 0.167. The van der Waals surface area contributed by atoms with Gasteiger partial charge in [0.05, 0.1) is 23.0 Å². The topological polar surface area (TPSA) is 59.9 Å². The van der Waals surface area contributed by atoms with E-state index >= 15 is 0 Å². The first kappa shape index (κ1) is 11.8. The van der Waals surface area contributed by atoms with Gasteiger partial charge in [-0.15, -0.1) is 0 Å². The zero-order valence-corrected chi connectivity index (χ0v) is 6.67. The van der Waals surface area contributed by atoms with E-state index in [-0.39, 0.29) is 29.6 Å². The summed E-state index contributed by atoms with van der Waals surface area (Å²) in [5, 5.41) is 1.01. The summed E-state index contributed by atoms with van der Waals surface area (Å²) in [4.78, 5) is 7.67. The van der Waals surface area contributed by atoms with E-state index in [2.05, 4.69) is 9.97 Å². The molecular formula is C6H7N2NaO2S. The fourth-order valence-electron chi connectivity index (χ4n) is 0.638. The number of aromatic nitrogens is 2. The molecule has 0 bridgehead atoms. The van der Waals surface area contributed by atoms with Crippen LogP contribution in [0.15, 0.2) is 12.4 Å². The molecule has 0 aliphatic heterocycles. The Bertz CT molecular complexity index is 380. The maximum absolute atomic E-state index is 10.2. The predicted molar refractivity (Wildman–Crippen MR) is 48.0 cm³/mol. The van der Waals surface area contributed by atoms with Crippen molar-refractivity contribution < 1.29 is 8.42 Å². The van der Waals surface area contributed by atoms with Gasteiger partial charge in [0.2, 0.25) is 10.3 Å². The number of hydrogen-bond acceptors (Lipinski definition) is 4. The Labute approximate surface area is 93.9 Å². The Balaban J connectivity index is 0.00000121. The third kappa shape index (κ3) is 3.96. The molecule has 12 heavy (non-hydrogen) atoms. The maximum atomic E-state index is 10.2. The van der Waals surface area contributed by atoms with Crippen LogP contribution in [-0.2, 0) is 10.3 Å². The summed E-state index contributed by atoms with van der Waals surface area (Å²) in [5.74, 6) is 0. The molecule has 0 aliphatic rings. The van der Waals surface area contributed by atoms with Gasteiger partial charge in [0.15, 0.2) is 0 Å². The van der Waals surface area contributed by atoms with Crippen molar-refractivity contribution in [2.75, 3.05) is 0 Å². The van der Waals surface area contributed by atoms with Crippen molar-refractivity contribution in [2.24, 2.45) is 0 Å². The Kier molecular flexibility index (Phi) is 5.32. The van der Waals surface area contributed by atoms with Crippen LogP contribution in [0, 0.1) is 6.92 Å². The average molecular weight is 194 g/mol. The van der Waals surface area contributed by atoms with E-state index in [1.165, 1.54) is 6.20 Å². The second kappa shape index (κ2) is 5.42. The van der Waals surface area contributed by atoms with Crippen LogP contribution >= 0.6 is 0 Å². The van der Waals surface area contributed by atoms with Crippen LogP contribution in [0.1, 0.15) is 11.4 Å². The second-order valence-corrected chi connectivity index (χ2v) is 2.72. The van der Waals surface area contributed by atoms with E-state index in [9.17, 15) is 8.42 Å². The minimum atomic E-state index is -2.20. The van der Waals surface area contributed by atoms with Gasteiger partial charge in [-0.3, -0.25) is 4.98 Å². The Morgan fingerprint density at radius 2 is 2.08 bits per heavy atom. The first-order valence-electron chi connectivity index (χ1n) is 2.90. The molecule has 6 heteroatoms. The summed E-state index contributed by atoms with van der Waals surface area (Å²) in [5.41, 5.74) is 1.06. The summed E-state index contributed by atoms with van der Waals surface area (Å²) in [7, 11) is -2.20. The third-order valence-electron chi connectivity index (χ3n) is 0.991. The molecule has 0 unspecified atom stereocenters. The molecule has 0 atom stereocenters. The number of nitrogens with zero attached hydrogens (tertiary/aromatic N) is 2. The van der Waals surface area contributed by atoms with Gasteiger partial charge in [-0.1, -0.05) is 0 Å². The van der Waals surface area contributed by atoms with Gasteiger partial charge in [-0.2, -0.15) is 8.42 Å². The van der Waals surface area contributed by atoms with Crippen molar-refractivity contribution >= 4 is 45.2 Å². The molecule has 0 aliphatic carbocycles. The number of aryl methyl sites for hydroxylation is 1. The molecule has 1 heterocycles. The SMILES string of the molecule is Cc1cncc(C=S(=O)=O)n1.[NaH]. The quantitative estimate of drug-likeness (QED) is 0.432. The van der Waals surface area contributed by atoms with Gasteiger partial charge in [-0.05, 0) is 6.92 Å². The molecule has 0 aromatic carbocycles. The van der Waals surface area contributed by atoms with Crippen molar-refractivity contribution in [2.45, 2.75) is 6.92 Å². The minimum absolute atomic E-state index is 0. The monoisotopic (exact) mass is 194 g/mol. The van der Waals surface area contributed by atoms with Crippen LogP contribution in [0.25, 0.3) is 0 Å². The standard InChI is InChI=1S/C6H6N2O2S.Na.H/c1-5-2-7-3-6(8-5)4-11(9)10;;/h2-4H,1H3;;. The zero-order valence-electron chi connectivity index (χ0n) is 5.85. The molecule has 1 rings (SSSR count). The summed E-state index contributed by atoms with van der Waals surface area (Å²) in [6.07, 6.45) is 2.95. The second-order valence-electron chi connectivity index (χ2n) is 1.96. The van der Waals surface area contributed by atoms with Crippen LogP contribution in [0.2, 0.25) is 0 Å². The van der Waals surface area contributed by atoms with Crippen LogP contribution in [0.4, 0.5) is 0 Å². The summed E-state index contributed by atoms with van der Waals surface area (Å²) < 4.78 is 20.3. The van der Waals surface area contributed by atoms with E-state index in [4.69, 9.17) is 0 Å². The van der Waals surface area contributed by atoms with E-state index in [0.717, 1.165) is 5.37 Å². The van der Waals surface area contributed by atoms with Crippen molar-refractivity contribution in [1.29, 1.82) is 0 Å². The van der Waals surface area contributed by atoms with Crippen molar-refractivity contribution in [1.82, 2.24) is 9.97 Å². The molecule has 0 spiro atoms. The Morgan fingerprint density at radius 1 is 1.42 bits per heavy atom.